The van der Waals surface area contributed by atoms with Crippen LogP contribution in [-0.4, -0.2) is 28.4 Å². The fourth-order valence-corrected chi connectivity index (χ4v) is 6.38. The summed E-state index contributed by atoms with van der Waals surface area (Å²) in [5.74, 6) is 1.04. The summed E-state index contributed by atoms with van der Waals surface area (Å²) in [5, 5.41) is 6.47. The normalized spacial score (nSPS) is 11.1. The third-order valence-corrected chi connectivity index (χ3v) is 8.27. The molecule has 1 aromatic carbocycles. The lowest BCUT2D eigenvalue weighted by atomic mass is 10.0. The molecule has 0 unspecified atom stereocenters. The van der Waals surface area contributed by atoms with Crippen molar-refractivity contribution < 1.29 is 9.53 Å². The first kappa shape index (κ1) is 23.5. The van der Waals surface area contributed by atoms with Crippen molar-refractivity contribution in [2.75, 3.05) is 18.0 Å². The summed E-state index contributed by atoms with van der Waals surface area (Å²) in [4.78, 5) is 21.9. The van der Waals surface area contributed by atoms with Gasteiger partial charge in [-0.2, -0.15) is 0 Å². The topological polar surface area (TPSA) is 90.1 Å². The minimum absolute atomic E-state index is 0.223. The number of ether oxygens (including phenoxy) is 1. The Morgan fingerprint density at radius 3 is 2.76 bits per heavy atom. The lowest BCUT2D eigenvalue weighted by molar-refractivity contribution is 0.140. The molecule has 172 valence electrons. The number of thioether (sulfide) groups is 1. The summed E-state index contributed by atoms with van der Waals surface area (Å²) >= 11 is 5.03. The Morgan fingerprint density at radius 1 is 1.24 bits per heavy atom. The summed E-state index contributed by atoms with van der Waals surface area (Å²) in [7, 11) is 0. The number of alkyl carbamates (subject to hydrolysis) is 1. The van der Waals surface area contributed by atoms with Crippen molar-refractivity contribution in [2.45, 2.75) is 37.5 Å². The SMILES string of the molecule is CCCCSc1sc2nc(-c3nccs3)cc(-c3ccc(COC(=O)NCC)cc3)c2c1N. The maximum Gasteiger partial charge on any atom is 0.407 e. The number of thiazole rings is 1. The standard InChI is InChI=1S/C24H26N4O2S3/c1-3-5-11-32-23-20(25)19-17(13-18(28-22(19)33-23)21-27-10-12-31-21)16-8-6-15(7-9-16)14-30-24(29)26-4-2/h6-10,12-13H,3-5,11,14,25H2,1-2H3,(H,26,29). The van der Waals surface area contributed by atoms with Gasteiger partial charge in [0, 0.05) is 23.5 Å². The lowest BCUT2D eigenvalue weighted by Crippen LogP contribution is -2.23. The Kier molecular flexibility index (Phi) is 7.85. The van der Waals surface area contributed by atoms with Crippen LogP contribution >= 0.6 is 34.4 Å². The van der Waals surface area contributed by atoms with Gasteiger partial charge < -0.3 is 15.8 Å². The molecular weight excluding hydrogens is 472 g/mol. The van der Waals surface area contributed by atoms with Crippen LogP contribution in [0.25, 0.3) is 32.0 Å². The summed E-state index contributed by atoms with van der Waals surface area (Å²) in [5.41, 5.74) is 11.3. The second-order valence-electron chi connectivity index (χ2n) is 7.38. The van der Waals surface area contributed by atoms with E-state index in [1.807, 2.05) is 36.6 Å². The van der Waals surface area contributed by atoms with Crippen LogP contribution in [0.15, 0.2) is 46.1 Å². The van der Waals surface area contributed by atoms with Crippen LogP contribution in [-0.2, 0) is 11.3 Å². The second-order valence-corrected chi connectivity index (χ2v) is 10.6. The van der Waals surface area contributed by atoms with Crippen LogP contribution in [0, 0.1) is 0 Å². The van der Waals surface area contributed by atoms with E-state index in [1.165, 1.54) is 0 Å². The highest BCUT2D eigenvalue weighted by atomic mass is 32.2. The Morgan fingerprint density at radius 2 is 2.06 bits per heavy atom. The number of nitrogens with two attached hydrogens (primary N) is 1. The van der Waals surface area contributed by atoms with Crippen molar-refractivity contribution in [3.63, 3.8) is 0 Å². The van der Waals surface area contributed by atoms with E-state index < -0.39 is 6.09 Å². The molecule has 4 rings (SSSR count). The monoisotopic (exact) mass is 498 g/mol. The van der Waals surface area contributed by atoms with Crippen molar-refractivity contribution in [1.82, 2.24) is 15.3 Å². The summed E-state index contributed by atoms with van der Waals surface area (Å²) in [6.07, 6.45) is 3.70. The summed E-state index contributed by atoms with van der Waals surface area (Å²) in [6, 6.07) is 10.1. The Labute approximate surface area is 205 Å². The molecule has 3 N–H and O–H groups in total. The number of nitrogen functional groups attached to an aromatic ring is 1. The molecule has 3 aromatic heterocycles. The number of carbonyl (C=O) groups is 1. The second kappa shape index (κ2) is 11.0. The summed E-state index contributed by atoms with van der Waals surface area (Å²) in [6.45, 7) is 4.81. The number of nitrogens with one attached hydrogen (secondary N) is 1. The molecular formula is C24H26N4O2S3. The van der Waals surface area contributed by atoms with Gasteiger partial charge in [-0.15, -0.1) is 34.4 Å². The molecule has 4 aromatic rings. The van der Waals surface area contributed by atoms with E-state index in [-0.39, 0.29) is 6.61 Å². The number of benzene rings is 1. The van der Waals surface area contributed by atoms with Gasteiger partial charge in [0.1, 0.15) is 22.1 Å². The van der Waals surface area contributed by atoms with Gasteiger partial charge in [0.2, 0.25) is 0 Å². The fraction of sp³-hybridized carbons (Fsp3) is 0.292. The van der Waals surface area contributed by atoms with E-state index in [2.05, 4.69) is 23.3 Å². The molecule has 6 nitrogen and oxygen atoms in total. The zero-order valence-electron chi connectivity index (χ0n) is 18.6. The molecule has 1 amide bonds. The molecule has 0 spiro atoms. The van der Waals surface area contributed by atoms with Crippen LogP contribution in [0.1, 0.15) is 32.3 Å². The molecule has 0 radical (unpaired) electrons. The van der Waals surface area contributed by atoms with Crippen LogP contribution in [0.4, 0.5) is 10.5 Å². The van der Waals surface area contributed by atoms with E-state index >= 15 is 0 Å². The number of pyridine rings is 1. The van der Waals surface area contributed by atoms with Gasteiger partial charge in [-0.05, 0) is 41.9 Å². The van der Waals surface area contributed by atoms with Gasteiger partial charge >= 0.3 is 6.09 Å². The van der Waals surface area contributed by atoms with Gasteiger partial charge in [0.05, 0.1) is 9.90 Å². The van der Waals surface area contributed by atoms with E-state index in [0.29, 0.717) is 6.54 Å². The number of anilines is 1. The van der Waals surface area contributed by atoms with Gasteiger partial charge in [0.15, 0.2) is 0 Å². The molecule has 0 saturated heterocycles. The van der Waals surface area contributed by atoms with Gasteiger partial charge in [0.25, 0.3) is 0 Å². The van der Waals surface area contributed by atoms with Crippen LogP contribution in [0.2, 0.25) is 0 Å². The minimum atomic E-state index is -0.412. The van der Waals surface area contributed by atoms with Gasteiger partial charge in [-0.25, -0.2) is 14.8 Å². The number of aromatic nitrogens is 2. The van der Waals surface area contributed by atoms with Crippen molar-refractivity contribution in [3.05, 3.63) is 47.5 Å². The van der Waals surface area contributed by atoms with E-state index in [1.54, 1.807) is 40.6 Å². The predicted molar refractivity (Wildman–Crippen MR) is 140 cm³/mol. The highest BCUT2D eigenvalue weighted by molar-refractivity contribution is 8.01. The molecule has 3 heterocycles. The maximum atomic E-state index is 11.6. The number of rotatable bonds is 9. The molecule has 0 saturated carbocycles. The number of fused-ring (bicyclic) bond motifs is 1. The zero-order chi connectivity index (χ0) is 23.2. The Hall–Kier alpha value is -2.62. The third kappa shape index (κ3) is 5.48. The molecule has 0 atom stereocenters. The first-order chi connectivity index (χ1) is 16.1. The molecule has 0 aliphatic rings. The van der Waals surface area contributed by atoms with Crippen LogP contribution in [0.5, 0.6) is 0 Å². The molecule has 0 bridgehead atoms. The number of hydrogen-bond donors (Lipinski definition) is 2. The minimum Gasteiger partial charge on any atom is -0.445 e. The highest BCUT2D eigenvalue weighted by Crippen LogP contribution is 2.45. The largest absolute Gasteiger partial charge is 0.445 e. The number of nitrogens with zero attached hydrogens (tertiary/aromatic N) is 2. The molecule has 0 aliphatic heterocycles. The summed E-state index contributed by atoms with van der Waals surface area (Å²) < 4.78 is 6.35. The molecule has 33 heavy (non-hydrogen) atoms. The van der Waals surface area contributed by atoms with Gasteiger partial charge in [-0.1, -0.05) is 37.6 Å². The average Bonchev–Trinajstić information content (AvgIpc) is 3.47. The Bertz CT molecular complexity index is 1220. The highest BCUT2D eigenvalue weighted by Gasteiger charge is 2.19. The molecule has 0 aliphatic carbocycles. The van der Waals surface area contributed by atoms with Crippen molar-refractivity contribution in [1.29, 1.82) is 0 Å². The van der Waals surface area contributed by atoms with E-state index in [0.717, 1.165) is 66.1 Å². The predicted octanol–water partition coefficient (Wildman–Crippen LogP) is 6.81. The van der Waals surface area contributed by atoms with Crippen molar-refractivity contribution >= 4 is 56.4 Å². The third-order valence-electron chi connectivity index (χ3n) is 5.00. The van der Waals surface area contributed by atoms with Crippen LogP contribution in [0.3, 0.4) is 0 Å². The first-order valence-electron chi connectivity index (χ1n) is 10.9. The maximum absolute atomic E-state index is 11.6. The number of unbranched alkanes of at least 4 members (excludes halogenated alkanes) is 1. The zero-order valence-corrected chi connectivity index (χ0v) is 21.0. The van der Waals surface area contributed by atoms with Crippen LogP contribution < -0.4 is 11.1 Å². The number of amides is 1. The number of thiophene rings is 1. The number of carbonyl (C=O) groups excluding carboxylic acids is 1. The van der Waals surface area contributed by atoms with E-state index in [9.17, 15) is 4.79 Å². The molecule has 9 heteroatoms. The quantitative estimate of drug-likeness (QED) is 0.195. The fourth-order valence-electron chi connectivity index (χ4n) is 3.33. The smallest absolute Gasteiger partial charge is 0.407 e. The van der Waals surface area contributed by atoms with Gasteiger partial charge in [-0.3, -0.25) is 0 Å². The van der Waals surface area contributed by atoms with Crippen molar-refractivity contribution in [3.8, 4) is 21.8 Å². The van der Waals surface area contributed by atoms with E-state index in [4.69, 9.17) is 15.5 Å². The Balaban J connectivity index is 1.71. The lowest BCUT2D eigenvalue weighted by Gasteiger charge is -2.09. The first-order valence-corrected chi connectivity index (χ1v) is 13.5. The molecule has 0 fully saturated rings. The average molecular weight is 499 g/mol. The van der Waals surface area contributed by atoms with Crippen molar-refractivity contribution in [2.24, 2.45) is 0 Å². The number of hydrogen-bond acceptors (Lipinski definition) is 8.